The van der Waals surface area contributed by atoms with Crippen molar-refractivity contribution in [3.8, 4) is 11.5 Å². The Balaban J connectivity index is 1.56. The third-order valence-corrected chi connectivity index (χ3v) is 8.83. The molecular formula is C33H30IN3O7S. The lowest BCUT2D eigenvalue weighted by Gasteiger charge is -2.24. The van der Waals surface area contributed by atoms with Crippen molar-refractivity contribution in [1.29, 1.82) is 0 Å². The van der Waals surface area contributed by atoms with Crippen LogP contribution in [0.1, 0.15) is 49.1 Å². The summed E-state index contributed by atoms with van der Waals surface area (Å²) in [5, 5.41) is 11.2. The summed E-state index contributed by atoms with van der Waals surface area (Å²) in [6, 6.07) is 17.0. The van der Waals surface area contributed by atoms with E-state index >= 15 is 0 Å². The Hall–Kier alpha value is -4.30. The molecule has 4 aromatic rings. The lowest BCUT2D eigenvalue weighted by atomic mass is 9.95. The van der Waals surface area contributed by atoms with Gasteiger partial charge in [0, 0.05) is 12.1 Å². The van der Waals surface area contributed by atoms with Gasteiger partial charge in [-0.1, -0.05) is 53.3 Å². The van der Waals surface area contributed by atoms with E-state index in [1.54, 1.807) is 42.7 Å². The van der Waals surface area contributed by atoms with Crippen LogP contribution < -0.4 is 24.4 Å². The van der Waals surface area contributed by atoms with Crippen LogP contribution in [0.15, 0.2) is 81.7 Å². The number of nitro groups is 1. The molecule has 10 nitrogen and oxygen atoms in total. The number of fused-ring (bicyclic) bond motifs is 1. The highest BCUT2D eigenvalue weighted by molar-refractivity contribution is 14.1. The molecule has 232 valence electrons. The summed E-state index contributed by atoms with van der Waals surface area (Å²) < 4.78 is 20.1. The molecule has 0 saturated heterocycles. The number of carbonyl (C=O) groups is 1. The highest BCUT2D eigenvalue weighted by Gasteiger charge is 2.33. The first-order valence-electron chi connectivity index (χ1n) is 14.2. The van der Waals surface area contributed by atoms with Gasteiger partial charge in [-0.2, -0.15) is 0 Å². The monoisotopic (exact) mass is 739 g/mol. The van der Waals surface area contributed by atoms with Crippen molar-refractivity contribution in [3.05, 3.63) is 128 Å². The molecule has 0 spiro atoms. The number of nitrogens with zero attached hydrogens (tertiary/aromatic N) is 3. The zero-order chi connectivity index (χ0) is 32.2. The second-order valence-electron chi connectivity index (χ2n) is 10.2. The standard InChI is InChI=1S/C33H30IN3O7S/c1-5-42-26-16-22(15-25(34)30(26)44-18-21-8-7-9-24(14-21)37(40)41)17-27-31(38)36-29(23-12-10-19(3)11-13-23)28(32(39)43-6-2)20(4)35-33(36)45-27/h7-17,29H,5-6,18H2,1-4H3/b27-17+/t29-/m0/s1. The van der Waals surface area contributed by atoms with Crippen LogP contribution in [0.2, 0.25) is 0 Å². The maximum atomic E-state index is 14.0. The predicted octanol–water partition coefficient (Wildman–Crippen LogP) is 5.60. The fourth-order valence-electron chi connectivity index (χ4n) is 5.00. The molecule has 1 aliphatic heterocycles. The molecule has 0 aliphatic carbocycles. The lowest BCUT2D eigenvalue weighted by Crippen LogP contribution is -2.39. The summed E-state index contributed by atoms with van der Waals surface area (Å²) in [5.74, 6) is 0.471. The van der Waals surface area contributed by atoms with E-state index in [2.05, 4.69) is 27.6 Å². The minimum Gasteiger partial charge on any atom is -0.490 e. The van der Waals surface area contributed by atoms with Crippen molar-refractivity contribution in [1.82, 2.24) is 4.57 Å². The molecule has 3 aromatic carbocycles. The van der Waals surface area contributed by atoms with Crippen molar-refractivity contribution in [2.45, 2.75) is 40.3 Å². The van der Waals surface area contributed by atoms with E-state index in [4.69, 9.17) is 14.2 Å². The molecule has 12 heteroatoms. The third kappa shape index (κ3) is 6.86. The minimum absolute atomic E-state index is 0.0122. The molecular weight excluding hydrogens is 709 g/mol. The van der Waals surface area contributed by atoms with Crippen LogP contribution in [0.25, 0.3) is 6.08 Å². The van der Waals surface area contributed by atoms with E-state index in [9.17, 15) is 19.7 Å². The van der Waals surface area contributed by atoms with Crippen molar-refractivity contribution in [2.75, 3.05) is 13.2 Å². The third-order valence-electron chi connectivity index (χ3n) is 7.04. The Bertz CT molecular complexity index is 2000. The summed E-state index contributed by atoms with van der Waals surface area (Å²) >= 11 is 3.39. The van der Waals surface area contributed by atoms with Gasteiger partial charge in [0.15, 0.2) is 16.3 Å². The van der Waals surface area contributed by atoms with E-state index in [1.807, 2.05) is 44.2 Å². The number of aromatic nitrogens is 1. The molecule has 0 fully saturated rings. The lowest BCUT2D eigenvalue weighted by molar-refractivity contribution is -0.384. The van der Waals surface area contributed by atoms with Crippen LogP contribution >= 0.6 is 33.9 Å². The van der Waals surface area contributed by atoms with Gasteiger partial charge in [0.1, 0.15) is 6.61 Å². The number of ether oxygens (including phenoxy) is 3. The highest BCUT2D eigenvalue weighted by Crippen LogP contribution is 2.35. The van der Waals surface area contributed by atoms with E-state index in [-0.39, 0.29) is 24.5 Å². The van der Waals surface area contributed by atoms with Crippen LogP contribution in [0.5, 0.6) is 11.5 Å². The van der Waals surface area contributed by atoms with Gasteiger partial charge >= 0.3 is 5.97 Å². The predicted molar refractivity (Wildman–Crippen MR) is 179 cm³/mol. The largest absolute Gasteiger partial charge is 0.490 e. The molecule has 0 amide bonds. The number of allylic oxidation sites excluding steroid dienone is 1. The molecule has 5 rings (SSSR count). The van der Waals surface area contributed by atoms with Crippen molar-refractivity contribution < 1.29 is 23.9 Å². The van der Waals surface area contributed by atoms with Gasteiger partial charge in [0.2, 0.25) is 0 Å². The molecule has 0 radical (unpaired) electrons. The first kappa shape index (κ1) is 32.1. The molecule has 0 saturated carbocycles. The Morgan fingerprint density at radius 2 is 1.84 bits per heavy atom. The normalized spacial score (nSPS) is 14.5. The van der Waals surface area contributed by atoms with Crippen LogP contribution in [-0.4, -0.2) is 28.7 Å². The molecule has 1 aromatic heterocycles. The van der Waals surface area contributed by atoms with Crippen LogP contribution in [-0.2, 0) is 16.1 Å². The quantitative estimate of drug-likeness (QED) is 0.0899. The number of halogens is 1. The van der Waals surface area contributed by atoms with Crippen molar-refractivity contribution in [2.24, 2.45) is 4.99 Å². The van der Waals surface area contributed by atoms with E-state index in [0.29, 0.717) is 49.8 Å². The number of thiazole rings is 1. The number of non-ortho nitro benzene ring substituents is 1. The molecule has 0 bridgehead atoms. The number of aryl methyl sites for hydroxylation is 1. The molecule has 1 aliphatic rings. The van der Waals surface area contributed by atoms with Gasteiger partial charge < -0.3 is 14.2 Å². The van der Waals surface area contributed by atoms with Crippen molar-refractivity contribution >= 4 is 51.7 Å². The average Bonchev–Trinajstić information content (AvgIpc) is 3.30. The van der Waals surface area contributed by atoms with Crippen molar-refractivity contribution in [3.63, 3.8) is 0 Å². The molecule has 45 heavy (non-hydrogen) atoms. The number of carbonyl (C=O) groups excluding carboxylic acids is 1. The van der Waals surface area contributed by atoms with Crippen LogP contribution in [0.3, 0.4) is 0 Å². The Morgan fingerprint density at radius 3 is 2.53 bits per heavy atom. The van der Waals surface area contributed by atoms with Gasteiger partial charge in [-0.3, -0.25) is 19.5 Å². The highest BCUT2D eigenvalue weighted by atomic mass is 127. The summed E-state index contributed by atoms with van der Waals surface area (Å²) in [4.78, 5) is 43.0. The summed E-state index contributed by atoms with van der Waals surface area (Å²) in [7, 11) is 0. The maximum Gasteiger partial charge on any atom is 0.338 e. The summed E-state index contributed by atoms with van der Waals surface area (Å²) in [6.07, 6.45) is 1.77. The van der Waals surface area contributed by atoms with Gasteiger partial charge in [-0.05, 0) is 85.2 Å². The second-order valence-corrected chi connectivity index (χ2v) is 12.4. The number of hydrogen-bond donors (Lipinski definition) is 0. The Morgan fingerprint density at radius 1 is 1.09 bits per heavy atom. The number of nitro benzene ring substituents is 1. The SMILES string of the molecule is CCOC(=O)C1=C(C)N=c2s/c(=C/c3cc(I)c(OCc4cccc([N+](=O)[O-])c4)c(OCC)c3)c(=O)n2[C@H]1c1ccc(C)cc1. The summed E-state index contributed by atoms with van der Waals surface area (Å²) in [6.45, 7) is 8.02. The maximum absolute atomic E-state index is 14.0. The minimum atomic E-state index is -0.688. The molecule has 0 unspecified atom stereocenters. The average molecular weight is 740 g/mol. The zero-order valence-electron chi connectivity index (χ0n) is 25.0. The molecule has 2 heterocycles. The Labute approximate surface area is 276 Å². The van der Waals surface area contributed by atoms with E-state index in [1.165, 1.54) is 23.5 Å². The van der Waals surface area contributed by atoms with Gasteiger partial charge in [-0.25, -0.2) is 9.79 Å². The number of hydrogen-bond acceptors (Lipinski definition) is 9. The fourth-order valence-corrected chi connectivity index (χ4v) is 6.82. The molecule has 1 atom stereocenters. The topological polar surface area (TPSA) is 122 Å². The van der Waals surface area contributed by atoms with E-state index in [0.717, 1.165) is 14.7 Å². The first-order valence-corrected chi connectivity index (χ1v) is 16.1. The second kappa shape index (κ2) is 13.8. The van der Waals surface area contributed by atoms with Crippen LogP contribution in [0, 0.1) is 20.6 Å². The number of esters is 1. The summed E-state index contributed by atoms with van der Waals surface area (Å²) in [5.41, 5.74) is 3.74. The van der Waals surface area contributed by atoms with Gasteiger partial charge in [0.25, 0.3) is 11.2 Å². The van der Waals surface area contributed by atoms with Crippen LogP contribution in [0.4, 0.5) is 5.69 Å². The van der Waals surface area contributed by atoms with E-state index < -0.39 is 16.9 Å². The van der Waals surface area contributed by atoms with Gasteiger partial charge in [0.05, 0.1) is 43.6 Å². The molecule has 0 N–H and O–H groups in total. The smallest absolute Gasteiger partial charge is 0.338 e. The fraction of sp³-hybridized carbons (Fsp3) is 0.242. The first-order chi connectivity index (χ1) is 21.6. The number of benzene rings is 3. The zero-order valence-corrected chi connectivity index (χ0v) is 28.0. The Kier molecular flexibility index (Phi) is 9.83. The van der Waals surface area contributed by atoms with Gasteiger partial charge in [-0.15, -0.1) is 0 Å². The number of rotatable bonds is 10.